The highest BCUT2D eigenvalue weighted by atomic mass is 19.4. The lowest BCUT2D eigenvalue weighted by molar-refractivity contribution is -0.468. The Kier molecular flexibility index (Phi) is 3.51. The van der Waals surface area contributed by atoms with E-state index < -0.39 is 19.3 Å². The van der Waals surface area contributed by atoms with Crippen LogP contribution < -0.4 is 0 Å². The summed E-state index contributed by atoms with van der Waals surface area (Å²) < 4.78 is 58.4. The molecule has 0 aliphatic heterocycles. The summed E-state index contributed by atoms with van der Waals surface area (Å²) in [6, 6.07) is 0. The second-order valence-corrected chi connectivity index (χ2v) is 1.24. The van der Waals surface area contributed by atoms with E-state index >= 15 is 0 Å². The first-order valence-corrected chi connectivity index (χ1v) is 2.07. The van der Waals surface area contributed by atoms with Crippen molar-refractivity contribution in [3.8, 4) is 0 Å². The quantitative estimate of drug-likeness (QED) is 0.467. The molecule has 0 rings (SSSR count). The summed E-state index contributed by atoms with van der Waals surface area (Å²) in [7, 11) is 0. The van der Waals surface area contributed by atoms with E-state index in [0.29, 0.717) is 0 Å². The van der Waals surface area contributed by atoms with Crippen LogP contribution in [0.15, 0.2) is 0 Å². The highest BCUT2D eigenvalue weighted by molar-refractivity contribution is 4.35. The number of rotatable bonds is 4. The van der Waals surface area contributed by atoms with Crippen LogP contribution in [0.4, 0.5) is 22.1 Å². The molecule has 0 bridgehead atoms. The zero-order valence-electron chi connectivity index (χ0n) is 4.49. The number of hydrogen-bond acceptors (Lipinski definition) is 2. The fourth-order valence-electron chi connectivity index (χ4n) is 0.182. The van der Waals surface area contributed by atoms with Crippen LogP contribution >= 0.6 is 0 Å². The molecule has 0 radical (unpaired) electrons. The fourth-order valence-corrected chi connectivity index (χ4v) is 0.182. The van der Waals surface area contributed by atoms with Crippen LogP contribution in [0, 0.1) is 0 Å². The van der Waals surface area contributed by atoms with E-state index in [0.717, 1.165) is 0 Å². The molecule has 0 fully saturated rings. The second kappa shape index (κ2) is 3.67. The van der Waals surface area contributed by atoms with E-state index in [9.17, 15) is 22.1 Å². The summed E-state index contributed by atoms with van der Waals surface area (Å²) >= 11 is 0. The SMILES string of the molecule is FOC(F)(F)OCC(F)F. The summed E-state index contributed by atoms with van der Waals surface area (Å²) in [5.74, 6) is 0. The molecule has 0 saturated heterocycles. The summed E-state index contributed by atoms with van der Waals surface area (Å²) in [5.41, 5.74) is 0. The molecule has 0 unspecified atom stereocenters. The maximum Gasteiger partial charge on any atom is 0.516 e. The summed E-state index contributed by atoms with van der Waals surface area (Å²) in [6.45, 7) is -1.57. The van der Waals surface area contributed by atoms with Gasteiger partial charge in [-0.15, -0.1) is 8.78 Å². The second-order valence-electron chi connectivity index (χ2n) is 1.24. The van der Waals surface area contributed by atoms with Gasteiger partial charge in [0.15, 0.2) is 0 Å². The smallest absolute Gasteiger partial charge is 0.288 e. The largest absolute Gasteiger partial charge is 0.516 e. The van der Waals surface area contributed by atoms with Gasteiger partial charge in [-0.3, -0.25) is 4.74 Å². The van der Waals surface area contributed by atoms with Crippen LogP contribution in [0.25, 0.3) is 0 Å². The molecule has 0 aromatic carbocycles. The Morgan fingerprint density at radius 2 is 1.80 bits per heavy atom. The fraction of sp³-hybridized carbons (Fsp3) is 1.00. The molecule has 0 heterocycles. The minimum atomic E-state index is -4.57. The van der Waals surface area contributed by atoms with Crippen LogP contribution in [0.5, 0.6) is 0 Å². The molecule has 2 nitrogen and oxygen atoms in total. The minimum absolute atomic E-state index is 1.57. The Labute approximate surface area is 52.4 Å². The first-order chi connectivity index (χ1) is 4.48. The van der Waals surface area contributed by atoms with Gasteiger partial charge in [-0.2, -0.15) is 0 Å². The Morgan fingerprint density at radius 3 is 2.10 bits per heavy atom. The topological polar surface area (TPSA) is 18.5 Å². The molecule has 7 heteroatoms. The van der Waals surface area contributed by atoms with Crippen molar-refractivity contribution in [1.82, 2.24) is 0 Å². The lowest BCUT2D eigenvalue weighted by Crippen LogP contribution is -2.24. The van der Waals surface area contributed by atoms with Crippen LogP contribution in [-0.4, -0.2) is 19.3 Å². The van der Waals surface area contributed by atoms with Crippen molar-refractivity contribution in [3.05, 3.63) is 0 Å². The maximum atomic E-state index is 11.4. The van der Waals surface area contributed by atoms with Crippen molar-refractivity contribution in [2.45, 2.75) is 12.7 Å². The molecule has 0 aliphatic rings. The highest BCUT2D eigenvalue weighted by Gasteiger charge is 2.34. The molecule has 0 N–H and O–H groups in total. The lowest BCUT2D eigenvalue weighted by Gasteiger charge is -2.09. The predicted molar refractivity (Wildman–Crippen MR) is 19.1 cm³/mol. The zero-order valence-corrected chi connectivity index (χ0v) is 4.49. The molecule has 0 aromatic heterocycles. The predicted octanol–water partition coefficient (Wildman–Crippen LogP) is 1.72. The van der Waals surface area contributed by atoms with Gasteiger partial charge in [0.05, 0.1) is 0 Å². The average Bonchev–Trinajstić information content (AvgIpc) is 1.85. The van der Waals surface area contributed by atoms with Gasteiger partial charge in [-0.1, -0.05) is 4.94 Å². The Morgan fingerprint density at radius 1 is 1.30 bits per heavy atom. The normalized spacial score (nSPS) is 12.6. The molecule has 0 aliphatic carbocycles. The van der Waals surface area contributed by atoms with Crippen molar-refractivity contribution < 1.29 is 31.8 Å². The lowest BCUT2D eigenvalue weighted by atomic mass is 10.8. The molecule has 62 valence electrons. The van der Waals surface area contributed by atoms with Crippen LogP contribution in [0.1, 0.15) is 0 Å². The van der Waals surface area contributed by atoms with E-state index in [4.69, 9.17) is 0 Å². The molecule has 0 spiro atoms. The Bertz CT molecular complexity index is 94.9. The van der Waals surface area contributed by atoms with Crippen molar-refractivity contribution in [3.63, 3.8) is 0 Å². The van der Waals surface area contributed by atoms with Crippen molar-refractivity contribution in [1.29, 1.82) is 0 Å². The summed E-state index contributed by atoms with van der Waals surface area (Å²) in [6.07, 6.45) is -7.66. The van der Waals surface area contributed by atoms with E-state index in [2.05, 4.69) is 4.74 Å². The molecule has 0 amide bonds. The van der Waals surface area contributed by atoms with Gasteiger partial charge in [0, 0.05) is 0 Å². The van der Waals surface area contributed by atoms with E-state index in [1.807, 2.05) is 4.94 Å². The molecular weight excluding hydrogens is 163 g/mol. The number of alkyl halides is 4. The van der Waals surface area contributed by atoms with Gasteiger partial charge >= 0.3 is 6.29 Å². The third-order valence-corrected chi connectivity index (χ3v) is 0.467. The van der Waals surface area contributed by atoms with Gasteiger partial charge < -0.3 is 0 Å². The third-order valence-electron chi connectivity index (χ3n) is 0.467. The summed E-state index contributed by atoms with van der Waals surface area (Å²) in [4.78, 5) is 1.90. The molecule has 0 aromatic rings. The number of hydrogen-bond donors (Lipinski definition) is 0. The van der Waals surface area contributed by atoms with Crippen molar-refractivity contribution >= 4 is 0 Å². The van der Waals surface area contributed by atoms with Gasteiger partial charge in [-0.05, 0) is 4.53 Å². The first kappa shape index (κ1) is 9.57. The number of ether oxygens (including phenoxy) is 1. The van der Waals surface area contributed by atoms with Gasteiger partial charge in [-0.25, -0.2) is 8.78 Å². The van der Waals surface area contributed by atoms with Crippen LogP contribution in [0.2, 0.25) is 0 Å². The molecule has 0 saturated carbocycles. The molecular formula is C3H3F5O2. The van der Waals surface area contributed by atoms with Gasteiger partial charge in [0.25, 0.3) is 6.43 Å². The van der Waals surface area contributed by atoms with E-state index in [-0.39, 0.29) is 0 Å². The van der Waals surface area contributed by atoms with Crippen molar-refractivity contribution in [2.24, 2.45) is 0 Å². The van der Waals surface area contributed by atoms with Gasteiger partial charge in [0.2, 0.25) is 0 Å². The molecule has 10 heavy (non-hydrogen) atoms. The van der Waals surface area contributed by atoms with Crippen molar-refractivity contribution in [2.75, 3.05) is 6.61 Å². The summed E-state index contributed by atoms with van der Waals surface area (Å²) in [5, 5.41) is 0. The number of halogens is 5. The zero-order chi connectivity index (χ0) is 8.20. The van der Waals surface area contributed by atoms with E-state index in [1.165, 1.54) is 0 Å². The van der Waals surface area contributed by atoms with Crippen LogP contribution in [-0.2, 0) is 9.68 Å². The third kappa shape index (κ3) is 4.45. The first-order valence-electron chi connectivity index (χ1n) is 2.07. The standard InChI is InChI=1S/C3H3F5O2/c4-2(5)1-9-3(6,7)10-8/h2H,1H2. The Hall–Kier alpha value is -0.430. The van der Waals surface area contributed by atoms with Crippen LogP contribution in [0.3, 0.4) is 0 Å². The van der Waals surface area contributed by atoms with E-state index in [1.54, 1.807) is 0 Å². The highest BCUT2D eigenvalue weighted by Crippen LogP contribution is 2.17. The Balaban J connectivity index is 3.46. The minimum Gasteiger partial charge on any atom is -0.288 e. The average molecular weight is 166 g/mol. The molecule has 0 atom stereocenters. The van der Waals surface area contributed by atoms with Gasteiger partial charge in [0.1, 0.15) is 6.61 Å². The monoisotopic (exact) mass is 166 g/mol. The maximum absolute atomic E-state index is 11.4.